The molecule has 1 fully saturated rings. The summed E-state index contributed by atoms with van der Waals surface area (Å²) in [5.41, 5.74) is 1.12. The fourth-order valence-electron chi connectivity index (χ4n) is 2.83. The van der Waals surface area contributed by atoms with Crippen molar-refractivity contribution >= 4 is 11.4 Å². The molecule has 8 nitrogen and oxygen atoms in total. The Kier molecular flexibility index (Phi) is 2.90. The first-order valence-corrected chi connectivity index (χ1v) is 7.01. The molecular formula is C14H14N6O2. The number of carbonyl (C=O) groups excluding carboxylic acids is 1. The zero-order valence-electron chi connectivity index (χ0n) is 11.6. The van der Waals surface area contributed by atoms with E-state index in [4.69, 9.17) is 0 Å². The lowest BCUT2D eigenvalue weighted by Crippen LogP contribution is -2.56. The van der Waals surface area contributed by atoms with Gasteiger partial charge in [0.15, 0.2) is 0 Å². The van der Waals surface area contributed by atoms with Gasteiger partial charge < -0.3 is 10.4 Å². The third kappa shape index (κ3) is 1.96. The second-order valence-electron chi connectivity index (χ2n) is 5.32. The van der Waals surface area contributed by atoms with Gasteiger partial charge in [-0.3, -0.25) is 9.48 Å². The summed E-state index contributed by atoms with van der Waals surface area (Å²) in [6.07, 6.45) is 6.55. The second kappa shape index (κ2) is 4.92. The minimum absolute atomic E-state index is 0.158. The number of aliphatic hydroxyl groups is 1. The van der Waals surface area contributed by atoms with Crippen LogP contribution in [-0.4, -0.2) is 47.8 Å². The maximum absolute atomic E-state index is 12.4. The predicted octanol–water partition coefficient (Wildman–Crippen LogP) is 0.0301. The Balaban J connectivity index is 1.55. The molecule has 0 saturated heterocycles. The lowest BCUT2D eigenvalue weighted by molar-refractivity contribution is -0.00585. The summed E-state index contributed by atoms with van der Waals surface area (Å²) in [4.78, 5) is 12.4. The predicted molar refractivity (Wildman–Crippen MR) is 76.1 cm³/mol. The Labute approximate surface area is 125 Å². The number of rotatable bonds is 3. The molecule has 0 aliphatic heterocycles. The van der Waals surface area contributed by atoms with Crippen LogP contribution >= 0.6 is 0 Å². The van der Waals surface area contributed by atoms with Gasteiger partial charge in [0.05, 0.1) is 29.9 Å². The minimum Gasteiger partial charge on any atom is -0.391 e. The molecule has 22 heavy (non-hydrogen) atoms. The van der Waals surface area contributed by atoms with E-state index < -0.39 is 6.10 Å². The van der Waals surface area contributed by atoms with Crippen LogP contribution in [0.25, 0.3) is 5.52 Å². The molecule has 3 atom stereocenters. The Morgan fingerprint density at radius 1 is 1.27 bits per heavy atom. The van der Waals surface area contributed by atoms with Crippen LogP contribution in [0.5, 0.6) is 0 Å². The van der Waals surface area contributed by atoms with Crippen molar-refractivity contribution < 1.29 is 9.90 Å². The second-order valence-corrected chi connectivity index (χ2v) is 5.32. The molecule has 1 amide bonds. The van der Waals surface area contributed by atoms with Crippen molar-refractivity contribution in [1.29, 1.82) is 0 Å². The summed E-state index contributed by atoms with van der Waals surface area (Å²) in [6, 6.07) is 4.94. The molecular weight excluding hydrogens is 284 g/mol. The number of nitrogens with zero attached hydrogens (tertiary/aromatic N) is 5. The van der Waals surface area contributed by atoms with Crippen LogP contribution in [0.4, 0.5) is 0 Å². The van der Waals surface area contributed by atoms with Crippen LogP contribution in [0.1, 0.15) is 22.8 Å². The number of hydrogen-bond acceptors (Lipinski definition) is 5. The van der Waals surface area contributed by atoms with Gasteiger partial charge in [0.1, 0.15) is 5.52 Å². The average Bonchev–Trinajstić information content (AvgIpc) is 3.15. The zero-order valence-corrected chi connectivity index (χ0v) is 11.6. The van der Waals surface area contributed by atoms with Crippen molar-refractivity contribution in [3.63, 3.8) is 0 Å². The lowest BCUT2D eigenvalue weighted by atomic mass is 9.83. The molecule has 112 valence electrons. The Morgan fingerprint density at radius 3 is 2.91 bits per heavy atom. The van der Waals surface area contributed by atoms with Crippen LogP contribution in [-0.2, 0) is 0 Å². The zero-order chi connectivity index (χ0) is 15.1. The van der Waals surface area contributed by atoms with E-state index >= 15 is 0 Å². The third-order valence-electron chi connectivity index (χ3n) is 4.00. The number of hydrogen-bond donors (Lipinski definition) is 2. The van der Waals surface area contributed by atoms with Crippen molar-refractivity contribution in [2.24, 2.45) is 0 Å². The van der Waals surface area contributed by atoms with Crippen LogP contribution < -0.4 is 5.32 Å². The summed E-state index contributed by atoms with van der Waals surface area (Å²) in [5, 5.41) is 25.1. The largest absolute Gasteiger partial charge is 0.391 e. The van der Waals surface area contributed by atoms with Crippen LogP contribution in [0.3, 0.4) is 0 Å². The quantitative estimate of drug-likeness (QED) is 0.711. The molecule has 0 bridgehead atoms. The molecule has 3 aromatic rings. The highest BCUT2D eigenvalue weighted by molar-refractivity contribution is 6.00. The first kappa shape index (κ1) is 13.0. The molecule has 2 N–H and O–H groups in total. The molecule has 1 aliphatic rings. The normalized spacial score (nSPS) is 24.1. The van der Waals surface area contributed by atoms with E-state index in [0.29, 0.717) is 17.5 Å². The average molecular weight is 298 g/mol. The molecule has 0 radical (unpaired) electrons. The van der Waals surface area contributed by atoms with Crippen molar-refractivity contribution in [3.8, 4) is 0 Å². The van der Waals surface area contributed by atoms with Crippen molar-refractivity contribution in [1.82, 2.24) is 29.9 Å². The Morgan fingerprint density at radius 2 is 2.14 bits per heavy atom. The molecule has 4 rings (SSSR count). The third-order valence-corrected chi connectivity index (χ3v) is 4.00. The van der Waals surface area contributed by atoms with Crippen LogP contribution in [0.15, 0.2) is 43.0 Å². The number of fused-ring (bicyclic) bond motifs is 1. The molecule has 3 heterocycles. The van der Waals surface area contributed by atoms with E-state index in [1.54, 1.807) is 41.5 Å². The van der Waals surface area contributed by atoms with Crippen molar-refractivity contribution in [2.75, 3.05) is 0 Å². The monoisotopic (exact) mass is 298 g/mol. The molecule has 0 spiro atoms. The molecule has 0 unspecified atom stereocenters. The molecule has 1 saturated carbocycles. The van der Waals surface area contributed by atoms with Gasteiger partial charge in [-0.2, -0.15) is 19.9 Å². The summed E-state index contributed by atoms with van der Waals surface area (Å²) < 4.78 is 3.09. The first-order valence-electron chi connectivity index (χ1n) is 7.01. The number of aromatic nitrogens is 5. The number of amides is 1. The van der Waals surface area contributed by atoms with E-state index in [-0.39, 0.29) is 18.0 Å². The van der Waals surface area contributed by atoms with E-state index in [1.165, 1.54) is 10.8 Å². The maximum Gasteiger partial charge on any atom is 0.255 e. The van der Waals surface area contributed by atoms with E-state index in [9.17, 15) is 9.90 Å². The summed E-state index contributed by atoms with van der Waals surface area (Å²) >= 11 is 0. The van der Waals surface area contributed by atoms with Gasteiger partial charge in [-0.05, 0) is 24.6 Å². The molecule has 0 aromatic carbocycles. The molecule has 3 aromatic heterocycles. The van der Waals surface area contributed by atoms with Crippen molar-refractivity contribution in [3.05, 3.63) is 48.5 Å². The van der Waals surface area contributed by atoms with Gasteiger partial charge in [-0.25, -0.2) is 0 Å². The van der Waals surface area contributed by atoms with Crippen LogP contribution in [0, 0.1) is 0 Å². The van der Waals surface area contributed by atoms with E-state index in [0.717, 1.165) is 0 Å². The number of carbonyl (C=O) groups is 1. The van der Waals surface area contributed by atoms with Gasteiger partial charge in [0.25, 0.3) is 5.91 Å². The van der Waals surface area contributed by atoms with Gasteiger partial charge in [-0.1, -0.05) is 0 Å². The summed E-state index contributed by atoms with van der Waals surface area (Å²) in [5.74, 6) is -0.225. The van der Waals surface area contributed by atoms with Gasteiger partial charge in [0, 0.05) is 18.6 Å². The number of nitrogens with one attached hydrogen (secondary N) is 1. The van der Waals surface area contributed by atoms with Gasteiger partial charge in [-0.15, -0.1) is 0 Å². The highest BCUT2D eigenvalue weighted by Crippen LogP contribution is 2.32. The fraction of sp³-hybridized carbons (Fsp3) is 0.286. The van der Waals surface area contributed by atoms with E-state index in [2.05, 4.69) is 20.6 Å². The van der Waals surface area contributed by atoms with Gasteiger partial charge in [0.2, 0.25) is 0 Å². The van der Waals surface area contributed by atoms with Crippen molar-refractivity contribution in [2.45, 2.75) is 24.6 Å². The number of aliphatic hydroxyl groups excluding tert-OH is 1. The first-order chi connectivity index (χ1) is 10.7. The van der Waals surface area contributed by atoms with Gasteiger partial charge >= 0.3 is 0 Å². The lowest BCUT2D eigenvalue weighted by Gasteiger charge is -2.41. The summed E-state index contributed by atoms with van der Waals surface area (Å²) in [7, 11) is 0. The Hall–Kier alpha value is -2.74. The maximum atomic E-state index is 12.4. The summed E-state index contributed by atoms with van der Waals surface area (Å²) in [6.45, 7) is 0. The molecule has 1 aliphatic carbocycles. The molecule has 8 heteroatoms. The Bertz CT molecular complexity index is 812. The topological polar surface area (TPSA) is 97.3 Å². The highest BCUT2D eigenvalue weighted by atomic mass is 16.3. The SMILES string of the molecule is O=C(N[C@H]1C[C@@H](O)[C@@H]1n1cccn1)c1cnn2ncccc12. The smallest absolute Gasteiger partial charge is 0.255 e. The van der Waals surface area contributed by atoms with Crippen LogP contribution in [0.2, 0.25) is 0 Å². The fourth-order valence-corrected chi connectivity index (χ4v) is 2.83. The standard InChI is InChI=1S/C14H14N6O2/c21-12-7-10(13(12)19-6-2-5-15-19)18-14(22)9-8-17-20-11(9)3-1-4-16-20/h1-6,8,10,12-13,21H,7H2,(H,18,22)/t10-,12+,13+/m0/s1. The highest BCUT2D eigenvalue weighted by Gasteiger charge is 2.42. The van der Waals surface area contributed by atoms with E-state index in [1.807, 2.05) is 0 Å². The minimum atomic E-state index is -0.504.